The Labute approximate surface area is 224 Å². The molecular formula is C30H25FN4O4. The Kier molecular flexibility index (Phi) is 6.32. The molecule has 9 heteroatoms. The van der Waals surface area contributed by atoms with E-state index in [1.54, 1.807) is 37.6 Å². The van der Waals surface area contributed by atoms with Crippen LogP contribution in [-0.4, -0.2) is 34.9 Å². The largest absolute Gasteiger partial charge is 0.493 e. The number of carbonyl (C=O) groups is 1. The molecule has 8 nitrogen and oxygen atoms in total. The van der Waals surface area contributed by atoms with Gasteiger partial charge in [-0.2, -0.15) is 5.10 Å². The van der Waals surface area contributed by atoms with E-state index in [1.807, 2.05) is 41.1 Å². The predicted octanol–water partition coefficient (Wildman–Crippen LogP) is 6.50. The molecule has 39 heavy (non-hydrogen) atoms. The number of nitrogens with one attached hydrogen (secondary N) is 1. The summed E-state index contributed by atoms with van der Waals surface area (Å²) in [4.78, 5) is 17.4. The zero-order valence-corrected chi connectivity index (χ0v) is 21.3. The maximum atomic E-state index is 15.1. The number of para-hydroxylation sites is 1. The highest BCUT2D eigenvalue weighted by Crippen LogP contribution is 2.41. The second kappa shape index (κ2) is 10.1. The van der Waals surface area contributed by atoms with Gasteiger partial charge in [-0.05, 0) is 55.3 Å². The van der Waals surface area contributed by atoms with Crippen molar-refractivity contribution in [1.29, 1.82) is 0 Å². The van der Waals surface area contributed by atoms with Crippen molar-refractivity contribution < 1.29 is 23.4 Å². The Balaban J connectivity index is 1.23. The summed E-state index contributed by atoms with van der Waals surface area (Å²) >= 11 is 0. The van der Waals surface area contributed by atoms with E-state index in [0.717, 1.165) is 24.2 Å². The van der Waals surface area contributed by atoms with Crippen LogP contribution in [0.2, 0.25) is 0 Å². The summed E-state index contributed by atoms with van der Waals surface area (Å²) in [6.45, 7) is 0. The molecule has 1 aliphatic rings. The third kappa shape index (κ3) is 4.86. The number of ether oxygens (including phenoxy) is 3. The number of anilines is 1. The summed E-state index contributed by atoms with van der Waals surface area (Å²) < 4.78 is 33.5. The zero-order valence-electron chi connectivity index (χ0n) is 21.3. The van der Waals surface area contributed by atoms with Crippen molar-refractivity contribution in [2.75, 3.05) is 19.5 Å². The van der Waals surface area contributed by atoms with Gasteiger partial charge in [0.05, 0.1) is 25.4 Å². The summed E-state index contributed by atoms with van der Waals surface area (Å²) in [7, 11) is 3.08. The number of hydrogen-bond acceptors (Lipinski definition) is 6. The minimum atomic E-state index is -0.633. The fourth-order valence-electron chi connectivity index (χ4n) is 4.46. The lowest BCUT2D eigenvalue weighted by atomic mass is 10.1. The van der Waals surface area contributed by atoms with Crippen LogP contribution in [0.1, 0.15) is 34.9 Å². The van der Waals surface area contributed by atoms with E-state index in [0.29, 0.717) is 34.1 Å². The van der Waals surface area contributed by atoms with Crippen LogP contribution < -0.4 is 19.5 Å². The Morgan fingerprint density at radius 3 is 2.41 bits per heavy atom. The van der Waals surface area contributed by atoms with Crippen molar-refractivity contribution in [3.63, 3.8) is 0 Å². The highest BCUT2D eigenvalue weighted by molar-refractivity contribution is 6.03. The van der Waals surface area contributed by atoms with Crippen LogP contribution in [0.3, 0.4) is 0 Å². The SMILES string of the molecule is COc1cc2nccc(Oc3ccc(NC(=O)c4cc(C5CC5)n(-c5ccccc5)n4)cc3F)c2cc1OC. The third-order valence-corrected chi connectivity index (χ3v) is 6.58. The van der Waals surface area contributed by atoms with Crippen molar-refractivity contribution in [3.05, 3.63) is 96.2 Å². The number of pyridine rings is 1. The Hall–Kier alpha value is -4.92. The molecule has 1 aliphatic carbocycles. The van der Waals surface area contributed by atoms with Gasteiger partial charge in [0.15, 0.2) is 28.8 Å². The lowest BCUT2D eigenvalue weighted by Gasteiger charge is -2.13. The van der Waals surface area contributed by atoms with E-state index in [4.69, 9.17) is 14.2 Å². The number of methoxy groups -OCH3 is 2. The molecule has 0 unspecified atom stereocenters. The van der Waals surface area contributed by atoms with Gasteiger partial charge in [0, 0.05) is 41.0 Å². The van der Waals surface area contributed by atoms with Crippen LogP contribution in [0.4, 0.5) is 10.1 Å². The maximum Gasteiger partial charge on any atom is 0.276 e. The number of halogens is 1. The molecule has 1 fully saturated rings. The van der Waals surface area contributed by atoms with E-state index in [-0.39, 0.29) is 17.1 Å². The maximum absolute atomic E-state index is 15.1. The van der Waals surface area contributed by atoms with Crippen LogP contribution in [0.5, 0.6) is 23.0 Å². The first-order chi connectivity index (χ1) is 19.0. The van der Waals surface area contributed by atoms with Gasteiger partial charge in [0.25, 0.3) is 5.91 Å². The number of fused-ring (bicyclic) bond motifs is 1. The lowest BCUT2D eigenvalue weighted by Crippen LogP contribution is -2.13. The van der Waals surface area contributed by atoms with Crippen LogP contribution in [-0.2, 0) is 0 Å². The summed E-state index contributed by atoms with van der Waals surface area (Å²) in [6, 6.07) is 20.9. The van der Waals surface area contributed by atoms with Gasteiger partial charge < -0.3 is 19.5 Å². The van der Waals surface area contributed by atoms with Crippen LogP contribution in [0.25, 0.3) is 16.6 Å². The fraction of sp³-hybridized carbons (Fsp3) is 0.167. The Bertz CT molecular complexity index is 1680. The van der Waals surface area contributed by atoms with Gasteiger partial charge in [-0.3, -0.25) is 9.78 Å². The standard InChI is InChI=1S/C30H25FN4O4/c1-37-28-15-21-23(17-29(28)38-2)32-13-12-26(21)39-27-11-10-19(14-22(27)31)33-30(36)24-16-25(18-8-9-18)35(34-24)20-6-4-3-5-7-20/h3-7,10-18H,8-9H2,1-2H3,(H,33,36). The van der Waals surface area contributed by atoms with E-state index < -0.39 is 11.7 Å². The molecule has 3 aromatic carbocycles. The quantitative estimate of drug-likeness (QED) is 0.249. The topological polar surface area (TPSA) is 87.5 Å². The fourth-order valence-corrected chi connectivity index (χ4v) is 4.46. The van der Waals surface area contributed by atoms with Crippen molar-refractivity contribution in [2.24, 2.45) is 0 Å². The van der Waals surface area contributed by atoms with Crippen molar-refractivity contribution in [3.8, 4) is 28.7 Å². The van der Waals surface area contributed by atoms with E-state index in [1.165, 1.54) is 19.2 Å². The molecule has 0 spiro atoms. The van der Waals surface area contributed by atoms with Crippen LogP contribution >= 0.6 is 0 Å². The number of benzene rings is 3. The number of rotatable bonds is 8. The third-order valence-electron chi connectivity index (χ3n) is 6.58. The summed E-state index contributed by atoms with van der Waals surface area (Å²) in [6.07, 6.45) is 3.71. The lowest BCUT2D eigenvalue weighted by molar-refractivity contribution is 0.102. The molecule has 5 aromatic rings. The number of nitrogens with zero attached hydrogens (tertiary/aromatic N) is 3. The van der Waals surface area contributed by atoms with Gasteiger partial charge in [-0.1, -0.05) is 18.2 Å². The van der Waals surface area contributed by atoms with Crippen molar-refractivity contribution in [2.45, 2.75) is 18.8 Å². The predicted molar refractivity (Wildman–Crippen MR) is 145 cm³/mol. The van der Waals surface area contributed by atoms with Crippen LogP contribution in [0.15, 0.2) is 79.0 Å². The Morgan fingerprint density at radius 2 is 1.69 bits per heavy atom. The first kappa shape index (κ1) is 24.4. The molecule has 0 radical (unpaired) electrons. The highest BCUT2D eigenvalue weighted by atomic mass is 19.1. The van der Waals surface area contributed by atoms with Gasteiger partial charge in [0.2, 0.25) is 0 Å². The van der Waals surface area contributed by atoms with Crippen LogP contribution in [0, 0.1) is 5.82 Å². The molecule has 6 rings (SSSR count). The van der Waals surface area contributed by atoms with Crippen molar-refractivity contribution >= 4 is 22.5 Å². The molecule has 1 saturated carbocycles. The molecule has 1 amide bonds. The number of hydrogen-bond donors (Lipinski definition) is 1. The van der Waals surface area contributed by atoms with Gasteiger partial charge in [-0.15, -0.1) is 0 Å². The van der Waals surface area contributed by atoms with E-state index in [2.05, 4.69) is 15.4 Å². The Morgan fingerprint density at radius 1 is 0.923 bits per heavy atom. The minimum Gasteiger partial charge on any atom is -0.493 e. The number of amides is 1. The summed E-state index contributed by atoms with van der Waals surface area (Å²) in [5, 5.41) is 7.93. The monoisotopic (exact) mass is 524 g/mol. The summed E-state index contributed by atoms with van der Waals surface area (Å²) in [5.41, 5.74) is 3.06. The smallest absolute Gasteiger partial charge is 0.276 e. The molecule has 0 atom stereocenters. The first-order valence-electron chi connectivity index (χ1n) is 12.5. The average Bonchev–Trinajstić information content (AvgIpc) is 3.71. The molecule has 0 aliphatic heterocycles. The second-order valence-electron chi connectivity index (χ2n) is 9.21. The first-order valence-corrected chi connectivity index (χ1v) is 12.5. The average molecular weight is 525 g/mol. The van der Waals surface area contributed by atoms with Gasteiger partial charge >= 0.3 is 0 Å². The number of aromatic nitrogens is 3. The summed E-state index contributed by atoms with van der Waals surface area (Å²) in [5.74, 6) is 0.765. The molecular weight excluding hydrogens is 499 g/mol. The highest BCUT2D eigenvalue weighted by Gasteiger charge is 2.30. The molecule has 196 valence electrons. The van der Waals surface area contributed by atoms with E-state index >= 15 is 4.39 Å². The molecule has 1 N–H and O–H groups in total. The van der Waals surface area contributed by atoms with Crippen molar-refractivity contribution in [1.82, 2.24) is 14.8 Å². The molecule has 2 aromatic heterocycles. The van der Waals surface area contributed by atoms with Gasteiger partial charge in [0.1, 0.15) is 5.75 Å². The van der Waals surface area contributed by atoms with E-state index in [9.17, 15) is 4.79 Å². The minimum absolute atomic E-state index is 0.000316. The molecule has 0 saturated heterocycles. The molecule has 2 heterocycles. The zero-order chi connectivity index (χ0) is 26.9. The second-order valence-corrected chi connectivity index (χ2v) is 9.21. The normalized spacial score (nSPS) is 12.8. The number of carbonyl (C=O) groups excluding carboxylic acids is 1. The van der Waals surface area contributed by atoms with Gasteiger partial charge in [-0.25, -0.2) is 9.07 Å². The molecule has 0 bridgehead atoms.